The molecular formula is C23H23N3O3. The summed E-state index contributed by atoms with van der Waals surface area (Å²) in [6.07, 6.45) is 2.77. The number of benzene rings is 2. The topological polar surface area (TPSA) is 84.2 Å². The molecule has 0 fully saturated rings. The number of carboxylic acids is 1. The Morgan fingerprint density at radius 1 is 1.07 bits per heavy atom. The molecule has 4 rings (SSSR count). The largest absolute Gasteiger partial charge is 0.481 e. The maximum absolute atomic E-state index is 12.9. The van der Waals surface area contributed by atoms with Gasteiger partial charge in [-0.3, -0.25) is 9.59 Å². The van der Waals surface area contributed by atoms with Gasteiger partial charge in [-0.05, 0) is 62.9 Å². The Balaban J connectivity index is 1.59. The maximum atomic E-state index is 12.9. The quantitative estimate of drug-likeness (QED) is 0.688. The summed E-state index contributed by atoms with van der Waals surface area (Å²) in [5, 5.41) is 16.6. The molecule has 1 aliphatic rings. The maximum Gasteiger partial charge on any atom is 0.310 e. The van der Waals surface area contributed by atoms with E-state index in [0.717, 1.165) is 36.2 Å². The van der Waals surface area contributed by atoms with Crippen LogP contribution in [0.2, 0.25) is 0 Å². The van der Waals surface area contributed by atoms with Crippen molar-refractivity contribution >= 4 is 17.6 Å². The molecular weight excluding hydrogens is 366 g/mol. The summed E-state index contributed by atoms with van der Waals surface area (Å²) in [4.78, 5) is 24.0. The molecule has 0 saturated heterocycles. The fourth-order valence-corrected chi connectivity index (χ4v) is 3.71. The molecule has 1 amide bonds. The number of aryl methyl sites for hydroxylation is 1. The average molecular weight is 389 g/mol. The first kappa shape index (κ1) is 18.9. The molecule has 1 heterocycles. The van der Waals surface area contributed by atoms with Crippen LogP contribution in [-0.4, -0.2) is 26.8 Å². The number of hydrogen-bond donors (Lipinski definition) is 2. The van der Waals surface area contributed by atoms with E-state index in [1.54, 1.807) is 31.2 Å². The van der Waals surface area contributed by atoms with E-state index in [2.05, 4.69) is 10.4 Å². The van der Waals surface area contributed by atoms with Crippen molar-refractivity contribution in [2.75, 3.05) is 5.32 Å². The van der Waals surface area contributed by atoms with Gasteiger partial charge in [-0.2, -0.15) is 5.10 Å². The number of aliphatic carboxylic acids is 1. The summed E-state index contributed by atoms with van der Waals surface area (Å²) >= 11 is 0. The normalized spacial score (nSPS) is 13.7. The van der Waals surface area contributed by atoms with Gasteiger partial charge < -0.3 is 10.4 Å². The average Bonchev–Trinajstić information content (AvgIpc) is 3.31. The van der Waals surface area contributed by atoms with E-state index in [1.165, 1.54) is 5.56 Å². The SMILES string of the molecule is Cc1ccc(-n2nc(C(=O)Nc3ccc(C(C)C(=O)O)cc3)c3c2CCC3)cc1. The van der Waals surface area contributed by atoms with Crippen molar-refractivity contribution in [2.24, 2.45) is 0 Å². The van der Waals surface area contributed by atoms with Gasteiger partial charge in [0.25, 0.3) is 5.91 Å². The van der Waals surface area contributed by atoms with Crippen LogP contribution in [0.15, 0.2) is 48.5 Å². The standard InChI is InChI=1S/C23H23N3O3/c1-14-6-12-18(13-7-14)26-20-5-3-4-19(20)21(25-26)22(27)24-17-10-8-16(9-11-17)15(2)23(28)29/h6-13,15H,3-5H2,1-2H3,(H,24,27)(H,28,29). The summed E-state index contributed by atoms with van der Waals surface area (Å²) in [6, 6.07) is 15.0. The fraction of sp³-hybridized carbons (Fsp3) is 0.261. The van der Waals surface area contributed by atoms with Crippen LogP contribution in [0.4, 0.5) is 5.69 Å². The second-order valence-corrected chi connectivity index (χ2v) is 7.51. The minimum Gasteiger partial charge on any atom is -0.481 e. The zero-order valence-electron chi connectivity index (χ0n) is 16.5. The van der Waals surface area contributed by atoms with Crippen molar-refractivity contribution in [3.8, 4) is 5.69 Å². The van der Waals surface area contributed by atoms with Gasteiger partial charge in [-0.1, -0.05) is 29.8 Å². The second kappa shape index (κ2) is 7.54. The van der Waals surface area contributed by atoms with E-state index in [4.69, 9.17) is 5.11 Å². The van der Waals surface area contributed by atoms with Gasteiger partial charge in [0.05, 0.1) is 11.6 Å². The summed E-state index contributed by atoms with van der Waals surface area (Å²) in [5.74, 6) is -1.71. The molecule has 0 spiro atoms. The van der Waals surface area contributed by atoms with Crippen LogP contribution in [-0.2, 0) is 17.6 Å². The van der Waals surface area contributed by atoms with Crippen LogP contribution in [0.25, 0.3) is 5.69 Å². The molecule has 0 aliphatic heterocycles. The number of nitrogens with one attached hydrogen (secondary N) is 1. The number of amides is 1. The predicted molar refractivity (Wildman–Crippen MR) is 111 cm³/mol. The third-order valence-electron chi connectivity index (χ3n) is 5.46. The molecule has 1 unspecified atom stereocenters. The van der Waals surface area contributed by atoms with E-state index in [0.29, 0.717) is 16.9 Å². The number of carbonyl (C=O) groups is 2. The zero-order valence-corrected chi connectivity index (χ0v) is 16.5. The first-order valence-electron chi connectivity index (χ1n) is 9.76. The molecule has 1 atom stereocenters. The van der Waals surface area contributed by atoms with Gasteiger partial charge in [0, 0.05) is 16.9 Å². The van der Waals surface area contributed by atoms with Crippen LogP contribution < -0.4 is 5.32 Å². The number of carboxylic acid groups (broad SMARTS) is 1. The summed E-state index contributed by atoms with van der Waals surface area (Å²) in [6.45, 7) is 3.68. The first-order valence-corrected chi connectivity index (χ1v) is 9.76. The van der Waals surface area contributed by atoms with Gasteiger partial charge in [-0.15, -0.1) is 0 Å². The van der Waals surface area contributed by atoms with E-state index in [-0.39, 0.29) is 5.91 Å². The lowest BCUT2D eigenvalue weighted by Gasteiger charge is -2.09. The minimum absolute atomic E-state index is 0.243. The Morgan fingerprint density at radius 3 is 2.41 bits per heavy atom. The molecule has 6 heteroatoms. The predicted octanol–water partition coefficient (Wildman–Crippen LogP) is 4.11. The number of aromatic nitrogens is 2. The Bertz CT molecular complexity index is 1070. The number of carbonyl (C=O) groups excluding carboxylic acids is 1. The lowest BCUT2D eigenvalue weighted by Crippen LogP contribution is -2.15. The number of hydrogen-bond acceptors (Lipinski definition) is 3. The Morgan fingerprint density at radius 2 is 1.76 bits per heavy atom. The highest BCUT2D eigenvalue weighted by Gasteiger charge is 2.27. The monoisotopic (exact) mass is 389 g/mol. The molecule has 1 aliphatic carbocycles. The van der Waals surface area contributed by atoms with Crippen molar-refractivity contribution in [2.45, 2.75) is 39.0 Å². The van der Waals surface area contributed by atoms with Crippen molar-refractivity contribution in [3.05, 3.63) is 76.6 Å². The number of fused-ring (bicyclic) bond motifs is 1. The molecule has 148 valence electrons. The lowest BCUT2D eigenvalue weighted by molar-refractivity contribution is -0.138. The third kappa shape index (κ3) is 3.66. The van der Waals surface area contributed by atoms with E-state index in [1.807, 2.05) is 35.9 Å². The number of anilines is 1. The van der Waals surface area contributed by atoms with Gasteiger partial charge in [0.1, 0.15) is 0 Å². The number of nitrogens with zero attached hydrogens (tertiary/aromatic N) is 2. The van der Waals surface area contributed by atoms with Crippen LogP contribution >= 0.6 is 0 Å². The molecule has 6 nitrogen and oxygen atoms in total. The number of rotatable bonds is 5. The van der Waals surface area contributed by atoms with Crippen LogP contribution in [0.5, 0.6) is 0 Å². The summed E-state index contributed by atoms with van der Waals surface area (Å²) in [5.41, 5.74) is 6.02. The molecule has 2 aromatic carbocycles. The van der Waals surface area contributed by atoms with Gasteiger partial charge in [0.2, 0.25) is 0 Å². The molecule has 0 bridgehead atoms. The Labute approximate surface area is 169 Å². The van der Waals surface area contributed by atoms with Crippen LogP contribution in [0.3, 0.4) is 0 Å². The van der Waals surface area contributed by atoms with Crippen molar-refractivity contribution in [1.82, 2.24) is 9.78 Å². The van der Waals surface area contributed by atoms with Gasteiger partial charge in [0.15, 0.2) is 5.69 Å². The molecule has 3 aromatic rings. The first-order chi connectivity index (χ1) is 13.9. The second-order valence-electron chi connectivity index (χ2n) is 7.51. The molecule has 0 saturated carbocycles. The fourth-order valence-electron chi connectivity index (χ4n) is 3.71. The van der Waals surface area contributed by atoms with Gasteiger partial charge >= 0.3 is 5.97 Å². The molecule has 2 N–H and O–H groups in total. The van der Waals surface area contributed by atoms with Crippen molar-refractivity contribution in [1.29, 1.82) is 0 Å². The highest BCUT2D eigenvalue weighted by Crippen LogP contribution is 2.28. The highest BCUT2D eigenvalue weighted by atomic mass is 16.4. The van der Waals surface area contributed by atoms with Gasteiger partial charge in [-0.25, -0.2) is 4.68 Å². The van der Waals surface area contributed by atoms with Crippen molar-refractivity contribution in [3.63, 3.8) is 0 Å². The zero-order chi connectivity index (χ0) is 20.5. The van der Waals surface area contributed by atoms with Crippen molar-refractivity contribution < 1.29 is 14.7 Å². The van der Waals surface area contributed by atoms with E-state index < -0.39 is 11.9 Å². The summed E-state index contributed by atoms with van der Waals surface area (Å²) < 4.78 is 1.88. The molecule has 1 aromatic heterocycles. The summed E-state index contributed by atoms with van der Waals surface area (Å²) in [7, 11) is 0. The highest BCUT2D eigenvalue weighted by molar-refractivity contribution is 6.04. The Hall–Kier alpha value is -3.41. The minimum atomic E-state index is -0.876. The Kier molecular flexibility index (Phi) is 4.92. The third-order valence-corrected chi connectivity index (χ3v) is 5.46. The van der Waals surface area contributed by atoms with E-state index >= 15 is 0 Å². The lowest BCUT2D eigenvalue weighted by atomic mass is 10.0. The van der Waals surface area contributed by atoms with Crippen LogP contribution in [0.1, 0.15) is 52.1 Å². The smallest absolute Gasteiger partial charge is 0.310 e. The molecule has 0 radical (unpaired) electrons. The van der Waals surface area contributed by atoms with E-state index in [9.17, 15) is 9.59 Å². The van der Waals surface area contributed by atoms with Crippen LogP contribution in [0, 0.1) is 6.92 Å². The molecule has 29 heavy (non-hydrogen) atoms.